The van der Waals surface area contributed by atoms with E-state index in [0.29, 0.717) is 23.6 Å². The van der Waals surface area contributed by atoms with E-state index >= 15 is 0 Å². The summed E-state index contributed by atoms with van der Waals surface area (Å²) in [7, 11) is -3.50. The minimum Gasteiger partial charge on any atom is -0.474 e. The summed E-state index contributed by atoms with van der Waals surface area (Å²) in [6.07, 6.45) is 5.02. The third-order valence-corrected chi connectivity index (χ3v) is 8.11. The maximum atomic E-state index is 13.4. The minimum absolute atomic E-state index is 0.00101. The first kappa shape index (κ1) is 20.4. The number of fused-ring (bicyclic) bond motifs is 2. The molecule has 6 heteroatoms. The van der Waals surface area contributed by atoms with Crippen LogP contribution in [-0.4, -0.2) is 35.9 Å². The molecular formula is C23H30N2O3S. The Kier molecular flexibility index (Phi) is 5.20. The van der Waals surface area contributed by atoms with E-state index in [1.54, 1.807) is 22.6 Å². The SMILES string of the molecule is Cc1ccc(OC2CC3CCC(C2)N3S(=O)(=O)c2ccc(C(C)(C)C)cc2)nc1. The molecule has 5 nitrogen and oxygen atoms in total. The summed E-state index contributed by atoms with van der Waals surface area (Å²) in [4.78, 5) is 4.72. The van der Waals surface area contributed by atoms with Crippen molar-refractivity contribution in [1.82, 2.24) is 9.29 Å². The number of pyridine rings is 1. The average Bonchev–Trinajstić information content (AvgIpc) is 2.95. The van der Waals surface area contributed by atoms with Gasteiger partial charge in [0.15, 0.2) is 0 Å². The van der Waals surface area contributed by atoms with Crippen LogP contribution < -0.4 is 4.74 Å². The Bertz CT molecular complexity index is 949. The maximum absolute atomic E-state index is 13.4. The molecule has 2 unspecified atom stereocenters. The second-order valence-corrected chi connectivity index (χ2v) is 11.2. The predicted octanol–water partition coefficient (Wildman–Crippen LogP) is 4.45. The number of ether oxygens (including phenoxy) is 1. The van der Waals surface area contributed by atoms with Gasteiger partial charge in [0.25, 0.3) is 0 Å². The van der Waals surface area contributed by atoms with Gasteiger partial charge in [-0.2, -0.15) is 4.31 Å². The molecule has 2 saturated heterocycles. The Balaban J connectivity index is 1.50. The molecule has 4 rings (SSSR count). The zero-order valence-electron chi connectivity index (χ0n) is 17.6. The van der Waals surface area contributed by atoms with Gasteiger partial charge in [-0.05, 0) is 48.4 Å². The molecule has 0 spiro atoms. The number of benzene rings is 1. The van der Waals surface area contributed by atoms with E-state index in [2.05, 4.69) is 25.8 Å². The second kappa shape index (κ2) is 7.40. The monoisotopic (exact) mass is 414 g/mol. The molecule has 1 aromatic carbocycles. The molecule has 2 fully saturated rings. The van der Waals surface area contributed by atoms with Crippen molar-refractivity contribution in [2.75, 3.05) is 0 Å². The van der Waals surface area contributed by atoms with Crippen molar-refractivity contribution in [1.29, 1.82) is 0 Å². The molecule has 2 bridgehead atoms. The third-order valence-electron chi connectivity index (χ3n) is 6.09. The molecule has 1 aromatic heterocycles. The Hall–Kier alpha value is -1.92. The summed E-state index contributed by atoms with van der Waals surface area (Å²) < 4.78 is 34.6. The van der Waals surface area contributed by atoms with Crippen LogP contribution in [0.1, 0.15) is 57.6 Å². The molecule has 3 heterocycles. The fourth-order valence-corrected chi connectivity index (χ4v) is 6.41. The highest BCUT2D eigenvalue weighted by atomic mass is 32.2. The number of aromatic nitrogens is 1. The van der Waals surface area contributed by atoms with Gasteiger partial charge in [0.1, 0.15) is 6.10 Å². The zero-order chi connectivity index (χ0) is 20.8. The van der Waals surface area contributed by atoms with Crippen LogP contribution in [0.5, 0.6) is 5.88 Å². The molecule has 156 valence electrons. The van der Waals surface area contributed by atoms with Crippen LogP contribution in [0.15, 0.2) is 47.5 Å². The summed E-state index contributed by atoms with van der Waals surface area (Å²) in [5.41, 5.74) is 2.23. The topological polar surface area (TPSA) is 59.5 Å². The zero-order valence-corrected chi connectivity index (χ0v) is 18.4. The third kappa shape index (κ3) is 4.05. The van der Waals surface area contributed by atoms with Gasteiger partial charge in [0.2, 0.25) is 15.9 Å². The summed E-state index contributed by atoms with van der Waals surface area (Å²) in [5, 5.41) is 0. The molecule has 2 aliphatic heterocycles. The highest BCUT2D eigenvalue weighted by molar-refractivity contribution is 7.89. The van der Waals surface area contributed by atoms with Gasteiger partial charge < -0.3 is 4.74 Å². The second-order valence-electron chi connectivity index (χ2n) is 9.38. The molecular weight excluding hydrogens is 384 g/mol. The van der Waals surface area contributed by atoms with Crippen molar-refractivity contribution >= 4 is 10.0 Å². The van der Waals surface area contributed by atoms with E-state index < -0.39 is 10.0 Å². The number of aryl methyl sites for hydroxylation is 1. The number of hydrogen-bond acceptors (Lipinski definition) is 4. The van der Waals surface area contributed by atoms with Crippen LogP contribution in [0.25, 0.3) is 0 Å². The number of rotatable bonds is 4. The van der Waals surface area contributed by atoms with E-state index in [1.807, 2.05) is 31.2 Å². The first-order valence-corrected chi connectivity index (χ1v) is 11.8. The molecule has 0 radical (unpaired) electrons. The fraction of sp³-hybridized carbons (Fsp3) is 0.522. The van der Waals surface area contributed by atoms with E-state index in [0.717, 1.165) is 24.0 Å². The van der Waals surface area contributed by atoms with Gasteiger partial charge in [-0.15, -0.1) is 0 Å². The van der Waals surface area contributed by atoms with Crippen molar-refractivity contribution in [2.45, 2.75) is 81.9 Å². The molecule has 2 atom stereocenters. The maximum Gasteiger partial charge on any atom is 0.243 e. The highest BCUT2D eigenvalue weighted by Crippen LogP contribution is 2.41. The quantitative estimate of drug-likeness (QED) is 0.742. The Morgan fingerprint density at radius 3 is 2.14 bits per heavy atom. The summed E-state index contributed by atoms with van der Waals surface area (Å²) >= 11 is 0. The van der Waals surface area contributed by atoms with E-state index in [4.69, 9.17) is 4.74 Å². The van der Waals surface area contributed by atoms with Crippen LogP contribution in [-0.2, 0) is 15.4 Å². The van der Waals surface area contributed by atoms with Crippen LogP contribution >= 0.6 is 0 Å². The first-order valence-electron chi connectivity index (χ1n) is 10.4. The van der Waals surface area contributed by atoms with E-state index in [-0.39, 0.29) is 23.6 Å². The standard InChI is InChI=1S/C23H30N2O3S/c1-16-5-12-22(24-15-16)28-20-13-18-8-9-19(14-20)25(18)29(26,27)21-10-6-17(7-11-21)23(2,3)4/h5-7,10-12,15,18-20H,8-9,13-14H2,1-4H3. The minimum atomic E-state index is -3.50. The van der Waals surface area contributed by atoms with Gasteiger partial charge in [-0.3, -0.25) is 0 Å². The van der Waals surface area contributed by atoms with Gasteiger partial charge in [-0.1, -0.05) is 39.0 Å². The molecule has 0 amide bonds. The number of nitrogens with zero attached hydrogens (tertiary/aromatic N) is 2. The highest BCUT2D eigenvalue weighted by Gasteiger charge is 2.48. The van der Waals surface area contributed by atoms with Crippen molar-refractivity contribution in [3.05, 3.63) is 53.7 Å². The summed E-state index contributed by atoms with van der Waals surface area (Å²) in [5.74, 6) is 0.620. The van der Waals surface area contributed by atoms with Crippen LogP contribution in [0.3, 0.4) is 0 Å². The van der Waals surface area contributed by atoms with Crippen LogP contribution in [0.2, 0.25) is 0 Å². The lowest BCUT2D eigenvalue weighted by Gasteiger charge is -2.37. The number of sulfonamides is 1. The Labute approximate surface area is 174 Å². The predicted molar refractivity (Wildman–Crippen MR) is 114 cm³/mol. The lowest BCUT2D eigenvalue weighted by atomic mass is 9.87. The lowest BCUT2D eigenvalue weighted by molar-refractivity contribution is 0.0918. The van der Waals surface area contributed by atoms with Crippen molar-refractivity contribution in [3.8, 4) is 5.88 Å². The Morgan fingerprint density at radius 1 is 1.00 bits per heavy atom. The normalized spacial score (nSPS) is 25.2. The summed E-state index contributed by atoms with van der Waals surface area (Å²) in [6.45, 7) is 8.38. The van der Waals surface area contributed by atoms with Crippen LogP contribution in [0, 0.1) is 6.92 Å². The molecule has 0 saturated carbocycles. The summed E-state index contributed by atoms with van der Waals surface area (Å²) in [6, 6.07) is 11.3. The number of hydrogen-bond donors (Lipinski definition) is 0. The molecule has 2 aromatic rings. The van der Waals surface area contributed by atoms with Crippen molar-refractivity contribution in [2.24, 2.45) is 0 Å². The van der Waals surface area contributed by atoms with Gasteiger partial charge >= 0.3 is 0 Å². The van der Waals surface area contributed by atoms with Gasteiger partial charge in [-0.25, -0.2) is 13.4 Å². The lowest BCUT2D eigenvalue weighted by Crippen LogP contribution is -2.49. The van der Waals surface area contributed by atoms with Crippen LogP contribution in [0.4, 0.5) is 0 Å². The molecule has 0 aliphatic carbocycles. The molecule has 2 aliphatic rings. The smallest absolute Gasteiger partial charge is 0.243 e. The average molecular weight is 415 g/mol. The molecule has 29 heavy (non-hydrogen) atoms. The number of piperidine rings is 1. The van der Waals surface area contributed by atoms with Crippen molar-refractivity contribution in [3.63, 3.8) is 0 Å². The largest absolute Gasteiger partial charge is 0.474 e. The van der Waals surface area contributed by atoms with E-state index in [1.165, 1.54) is 0 Å². The first-order chi connectivity index (χ1) is 13.6. The molecule has 0 N–H and O–H groups in total. The van der Waals surface area contributed by atoms with Crippen molar-refractivity contribution < 1.29 is 13.2 Å². The fourth-order valence-electron chi connectivity index (χ4n) is 4.52. The van der Waals surface area contributed by atoms with Gasteiger partial charge in [0.05, 0.1) is 4.90 Å². The Morgan fingerprint density at radius 2 is 1.62 bits per heavy atom. The van der Waals surface area contributed by atoms with Gasteiger partial charge in [0, 0.05) is 37.2 Å². The van der Waals surface area contributed by atoms with E-state index in [9.17, 15) is 8.42 Å².